The second kappa shape index (κ2) is 7.60. The van der Waals surface area contributed by atoms with Crippen molar-refractivity contribution in [2.45, 2.75) is 46.1 Å². The number of nitrogens with one attached hydrogen (secondary N) is 1. The first-order valence-electron chi connectivity index (χ1n) is 8.47. The molecule has 0 bridgehead atoms. The predicted molar refractivity (Wildman–Crippen MR) is 100 cm³/mol. The molecule has 0 radical (unpaired) electrons. The highest BCUT2D eigenvalue weighted by molar-refractivity contribution is 7.99. The van der Waals surface area contributed by atoms with Crippen LogP contribution in [0.2, 0.25) is 0 Å². The van der Waals surface area contributed by atoms with E-state index < -0.39 is 0 Å². The minimum absolute atomic E-state index is 0.0478. The molecule has 5 heteroatoms. The minimum Gasteiger partial charge on any atom is -0.354 e. The van der Waals surface area contributed by atoms with Crippen molar-refractivity contribution in [1.29, 1.82) is 0 Å². The standard InChI is InChI=1S/C19H28N2O2S/c1-13(2)10-20-17(22)16-11-24-12-21(16)18(23)14-6-8-15(9-7-14)19(3,4)5/h6-9,13,16H,10-12H2,1-5H3,(H,20,22). The van der Waals surface area contributed by atoms with E-state index in [0.717, 1.165) is 0 Å². The van der Waals surface area contributed by atoms with E-state index in [-0.39, 0.29) is 23.3 Å². The molecule has 1 N–H and O–H groups in total. The van der Waals surface area contributed by atoms with E-state index in [4.69, 9.17) is 0 Å². The number of hydrogen-bond donors (Lipinski definition) is 1. The Kier molecular flexibility index (Phi) is 5.97. The summed E-state index contributed by atoms with van der Waals surface area (Å²) in [7, 11) is 0. The van der Waals surface area contributed by atoms with E-state index >= 15 is 0 Å². The predicted octanol–water partition coefficient (Wildman–Crippen LogP) is 3.27. The van der Waals surface area contributed by atoms with E-state index in [0.29, 0.717) is 29.7 Å². The van der Waals surface area contributed by atoms with Gasteiger partial charge in [-0.2, -0.15) is 0 Å². The molecule has 0 aliphatic carbocycles. The van der Waals surface area contributed by atoms with Crippen LogP contribution in [0.5, 0.6) is 0 Å². The van der Waals surface area contributed by atoms with Crippen molar-refractivity contribution < 1.29 is 9.59 Å². The molecular weight excluding hydrogens is 320 g/mol. The average Bonchev–Trinajstić information content (AvgIpc) is 3.00. The lowest BCUT2D eigenvalue weighted by Gasteiger charge is -2.24. The Balaban J connectivity index is 2.09. The lowest BCUT2D eigenvalue weighted by Crippen LogP contribution is -2.47. The van der Waals surface area contributed by atoms with Gasteiger partial charge in [0.05, 0.1) is 5.88 Å². The van der Waals surface area contributed by atoms with Crippen molar-refractivity contribution in [3.63, 3.8) is 0 Å². The van der Waals surface area contributed by atoms with Crippen LogP contribution in [0.3, 0.4) is 0 Å². The van der Waals surface area contributed by atoms with Crippen LogP contribution in [0.25, 0.3) is 0 Å². The lowest BCUT2D eigenvalue weighted by molar-refractivity contribution is -0.124. The van der Waals surface area contributed by atoms with Gasteiger partial charge in [-0.05, 0) is 29.0 Å². The van der Waals surface area contributed by atoms with Crippen LogP contribution in [-0.2, 0) is 10.2 Å². The van der Waals surface area contributed by atoms with Crippen molar-refractivity contribution in [2.75, 3.05) is 18.2 Å². The average molecular weight is 349 g/mol. The SMILES string of the molecule is CC(C)CNC(=O)C1CSCN1C(=O)c1ccc(C(C)(C)C)cc1. The molecule has 1 aliphatic heterocycles. The summed E-state index contributed by atoms with van der Waals surface area (Å²) < 4.78 is 0. The smallest absolute Gasteiger partial charge is 0.255 e. The fourth-order valence-electron chi connectivity index (χ4n) is 2.56. The molecule has 1 unspecified atom stereocenters. The Hall–Kier alpha value is -1.49. The van der Waals surface area contributed by atoms with Crippen molar-refractivity contribution in [3.05, 3.63) is 35.4 Å². The van der Waals surface area contributed by atoms with Crippen molar-refractivity contribution >= 4 is 23.6 Å². The number of hydrogen-bond acceptors (Lipinski definition) is 3. The molecule has 1 aromatic carbocycles. The molecule has 132 valence electrons. The molecule has 2 rings (SSSR count). The third-order valence-corrected chi connectivity index (χ3v) is 5.14. The Labute approximate surface area is 149 Å². The van der Waals surface area contributed by atoms with Gasteiger partial charge in [-0.25, -0.2) is 0 Å². The zero-order valence-electron chi connectivity index (χ0n) is 15.3. The molecule has 0 aromatic heterocycles. The second-order valence-electron chi connectivity index (χ2n) is 7.76. The zero-order valence-corrected chi connectivity index (χ0v) is 16.1. The first-order valence-corrected chi connectivity index (χ1v) is 9.62. The normalized spacial score (nSPS) is 18.1. The third-order valence-electron chi connectivity index (χ3n) is 4.13. The van der Waals surface area contributed by atoms with Gasteiger partial charge >= 0.3 is 0 Å². The maximum Gasteiger partial charge on any atom is 0.255 e. The molecule has 1 aromatic rings. The van der Waals surface area contributed by atoms with E-state index in [1.54, 1.807) is 16.7 Å². The molecule has 0 spiro atoms. The summed E-state index contributed by atoms with van der Waals surface area (Å²) in [6.45, 7) is 11.2. The fourth-order valence-corrected chi connectivity index (χ4v) is 3.72. The van der Waals surface area contributed by atoms with Crippen LogP contribution >= 0.6 is 11.8 Å². The molecule has 1 saturated heterocycles. The summed E-state index contributed by atoms with van der Waals surface area (Å²) in [5, 5.41) is 2.94. The monoisotopic (exact) mass is 348 g/mol. The molecular formula is C19H28N2O2S. The van der Waals surface area contributed by atoms with E-state index in [2.05, 4.69) is 39.9 Å². The number of amides is 2. The summed E-state index contributed by atoms with van der Waals surface area (Å²) >= 11 is 1.63. The summed E-state index contributed by atoms with van der Waals surface area (Å²) in [6, 6.07) is 7.38. The number of nitrogens with zero attached hydrogens (tertiary/aromatic N) is 1. The number of thioether (sulfide) groups is 1. The fraction of sp³-hybridized carbons (Fsp3) is 0.579. The molecule has 0 saturated carbocycles. The molecule has 2 amide bonds. The summed E-state index contributed by atoms with van der Waals surface area (Å²) in [4.78, 5) is 26.8. The van der Waals surface area contributed by atoms with Gasteiger partial charge < -0.3 is 10.2 Å². The van der Waals surface area contributed by atoms with Gasteiger partial charge in [0.1, 0.15) is 6.04 Å². The number of carbonyl (C=O) groups excluding carboxylic acids is 2. The van der Waals surface area contributed by atoms with E-state index in [1.165, 1.54) is 5.56 Å². The van der Waals surface area contributed by atoms with Crippen LogP contribution < -0.4 is 5.32 Å². The Morgan fingerprint density at radius 1 is 1.25 bits per heavy atom. The Morgan fingerprint density at radius 2 is 1.88 bits per heavy atom. The Bertz CT molecular complexity index is 590. The van der Waals surface area contributed by atoms with Crippen LogP contribution in [0, 0.1) is 5.92 Å². The highest BCUT2D eigenvalue weighted by Gasteiger charge is 2.35. The van der Waals surface area contributed by atoms with Crippen molar-refractivity contribution in [3.8, 4) is 0 Å². The topological polar surface area (TPSA) is 49.4 Å². The highest BCUT2D eigenvalue weighted by Crippen LogP contribution is 2.26. The molecule has 1 atom stereocenters. The third kappa shape index (κ3) is 4.53. The first kappa shape index (κ1) is 18.8. The summed E-state index contributed by atoms with van der Waals surface area (Å²) in [5.74, 6) is 1.52. The molecule has 4 nitrogen and oxygen atoms in total. The van der Waals surface area contributed by atoms with Gasteiger partial charge in [0.15, 0.2) is 0 Å². The zero-order chi connectivity index (χ0) is 17.9. The Morgan fingerprint density at radius 3 is 2.42 bits per heavy atom. The second-order valence-corrected chi connectivity index (χ2v) is 8.76. The molecule has 1 heterocycles. The summed E-state index contributed by atoms with van der Waals surface area (Å²) in [5.41, 5.74) is 1.90. The van der Waals surface area contributed by atoms with E-state index in [1.807, 2.05) is 24.3 Å². The van der Waals surface area contributed by atoms with Gasteiger partial charge in [-0.1, -0.05) is 46.8 Å². The largest absolute Gasteiger partial charge is 0.354 e. The minimum atomic E-state index is -0.372. The van der Waals surface area contributed by atoms with Gasteiger partial charge in [-0.15, -0.1) is 11.8 Å². The van der Waals surface area contributed by atoms with Gasteiger partial charge in [0, 0.05) is 17.9 Å². The van der Waals surface area contributed by atoms with Crippen LogP contribution in [0.4, 0.5) is 0 Å². The van der Waals surface area contributed by atoms with Crippen LogP contribution in [0.15, 0.2) is 24.3 Å². The molecule has 24 heavy (non-hydrogen) atoms. The number of benzene rings is 1. The lowest BCUT2D eigenvalue weighted by atomic mass is 9.86. The number of rotatable bonds is 4. The number of carbonyl (C=O) groups is 2. The van der Waals surface area contributed by atoms with Gasteiger partial charge in [0.25, 0.3) is 5.91 Å². The van der Waals surface area contributed by atoms with Crippen molar-refractivity contribution in [1.82, 2.24) is 10.2 Å². The van der Waals surface area contributed by atoms with Crippen LogP contribution in [0.1, 0.15) is 50.5 Å². The molecule has 1 aliphatic rings. The first-order chi connectivity index (χ1) is 11.2. The maximum absolute atomic E-state index is 12.8. The van der Waals surface area contributed by atoms with Gasteiger partial charge in [0.2, 0.25) is 5.91 Å². The van der Waals surface area contributed by atoms with E-state index in [9.17, 15) is 9.59 Å². The van der Waals surface area contributed by atoms with Crippen molar-refractivity contribution in [2.24, 2.45) is 5.92 Å². The summed E-state index contributed by atoms with van der Waals surface area (Å²) in [6.07, 6.45) is 0. The molecule has 1 fully saturated rings. The van der Waals surface area contributed by atoms with Crippen LogP contribution in [-0.4, -0.2) is 40.9 Å². The van der Waals surface area contributed by atoms with Gasteiger partial charge in [-0.3, -0.25) is 9.59 Å². The quantitative estimate of drug-likeness (QED) is 0.908. The maximum atomic E-state index is 12.8. The highest BCUT2D eigenvalue weighted by atomic mass is 32.2.